The number of rotatable bonds is 4. The Morgan fingerprint density at radius 2 is 1.86 bits per heavy atom. The normalized spacial score (nSPS) is 15.2. The van der Waals surface area contributed by atoms with Gasteiger partial charge in [-0.25, -0.2) is 4.79 Å². The molecule has 118 valence electrons. The van der Waals surface area contributed by atoms with Crippen molar-refractivity contribution >= 4 is 17.7 Å². The predicted molar refractivity (Wildman–Crippen MR) is 85.0 cm³/mol. The van der Waals surface area contributed by atoms with E-state index in [1.807, 2.05) is 11.9 Å². The quantitative estimate of drug-likeness (QED) is 0.862. The molecule has 1 saturated heterocycles. The molecule has 0 unspecified atom stereocenters. The fourth-order valence-electron chi connectivity index (χ4n) is 2.18. The number of amides is 2. The Morgan fingerprint density at radius 1 is 1.23 bits per heavy atom. The van der Waals surface area contributed by atoms with Crippen LogP contribution in [-0.4, -0.2) is 61.6 Å². The van der Waals surface area contributed by atoms with Gasteiger partial charge in [0.1, 0.15) is 6.61 Å². The highest BCUT2D eigenvalue weighted by molar-refractivity contribution is 5.95. The molecule has 0 aliphatic carbocycles. The number of ether oxygens (including phenoxy) is 1. The van der Waals surface area contributed by atoms with Crippen LogP contribution in [0.4, 0.5) is 10.5 Å². The Bertz CT molecular complexity index is 534. The van der Waals surface area contributed by atoms with Crippen LogP contribution in [-0.2, 0) is 4.74 Å². The van der Waals surface area contributed by atoms with E-state index in [0.29, 0.717) is 11.3 Å². The second-order valence-electron chi connectivity index (χ2n) is 5.18. The third-order valence-electron chi connectivity index (χ3n) is 3.50. The molecule has 0 saturated carbocycles. The number of piperazine rings is 1. The zero-order valence-electron chi connectivity index (χ0n) is 12.7. The minimum atomic E-state index is -0.543. The Morgan fingerprint density at radius 3 is 2.45 bits per heavy atom. The van der Waals surface area contributed by atoms with Gasteiger partial charge in [-0.15, -0.1) is 0 Å². The van der Waals surface area contributed by atoms with Gasteiger partial charge in [0.25, 0.3) is 5.91 Å². The number of carbonyl (C=O) groups is 2. The second-order valence-corrected chi connectivity index (χ2v) is 5.18. The lowest BCUT2D eigenvalue weighted by Gasteiger charge is -2.32. The summed E-state index contributed by atoms with van der Waals surface area (Å²) in [5.41, 5.74) is 1.21. The highest BCUT2D eigenvalue weighted by Gasteiger charge is 2.20. The van der Waals surface area contributed by atoms with Crippen molar-refractivity contribution in [3.63, 3.8) is 0 Å². The third-order valence-corrected chi connectivity index (χ3v) is 3.50. The molecule has 1 aliphatic heterocycles. The number of anilines is 1. The minimum Gasteiger partial charge on any atom is -0.445 e. The van der Waals surface area contributed by atoms with Crippen molar-refractivity contribution in [3.8, 4) is 0 Å². The molecule has 6 heteroatoms. The molecule has 0 atom stereocenters. The first-order chi connectivity index (χ1) is 10.6. The van der Waals surface area contributed by atoms with Gasteiger partial charge in [-0.1, -0.05) is 12.7 Å². The number of hydrogen-bond acceptors (Lipinski definition) is 4. The average Bonchev–Trinajstić information content (AvgIpc) is 2.54. The van der Waals surface area contributed by atoms with Crippen LogP contribution in [0.25, 0.3) is 0 Å². The fourth-order valence-corrected chi connectivity index (χ4v) is 2.18. The van der Waals surface area contributed by atoms with E-state index in [9.17, 15) is 9.59 Å². The van der Waals surface area contributed by atoms with Gasteiger partial charge in [0, 0.05) is 37.4 Å². The number of likely N-dealkylation sites (N-methyl/N-ethyl adjacent to an activating group) is 1. The molecular weight excluding hydrogens is 282 g/mol. The first-order valence-electron chi connectivity index (χ1n) is 7.22. The van der Waals surface area contributed by atoms with Crippen molar-refractivity contribution < 1.29 is 14.3 Å². The van der Waals surface area contributed by atoms with Crippen LogP contribution in [0.2, 0.25) is 0 Å². The van der Waals surface area contributed by atoms with E-state index in [2.05, 4.69) is 16.8 Å². The maximum absolute atomic E-state index is 12.4. The summed E-state index contributed by atoms with van der Waals surface area (Å²) in [7, 11) is 2.05. The summed E-state index contributed by atoms with van der Waals surface area (Å²) in [4.78, 5) is 27.8. The van der Waals surface area contributed by atoms with Gasteiger partial charge < -0.3 is 14.5 Å². The summed E-state index contributed by atoms with van der Waals surface area (Å²) in [6, 6.07) is 6.81. The molecule has 1 aromatic carbocycles. The van der Waals surface area contributed by atoms with Crippen LogP contribution in [0.5, 0.6) is 0 Å². The summed E-state index contributed by atoms with van der Waals surface area (Å²) in [5.74, 6) is 0.0221. The maximum Gasteiger partial charge on any atom is 0.411 e. The largest absolute Gasteiger partial charge is 0.445 e. The maximum atomic E-state index is 12.4. The van der Waals surface area contributed by atoms with Gasteiger partial charge in [0.05, 0.1) is 0 Å². The molecule has 2 amide bonds. The molecule has 1 fully saturated rings. The molecule has 1 heterocycles. The molecule has 0 radical (unpaired) electrons. The molecule has 1 N–H and O–H groups in total. The average molecular weight is 303 g/mol. The number of benzene rings is 1. The Hall–Kier alpha value is -2.34. The number of carbonyl (C=O) groups excluding carboxylic acids is 2. The number of hydrogen-bond donors (Lipinski definition) is 1. The van der Waals surface area contributed by atoms with Crippen LogP contribution in [0.15, 0.2) is 36.9 Å². The van der Waals surface area contributed by atoms with Crippen molar-refractivity contribution in [1.82, 2.24) is 9.80 Å². The van der Waals surface area contributed by atoms with Crippen LogP contribution in [0.3, 0.4) is 0 Å². The van der Waals surface area contributed by atoms with E-state index in [-0.39, 0.29) is 12.5 Å². The number of nitrogens with zero attached hydrogens (tertiary/aromatic N) is 2. The first-order valence-corrected chi connectivity index (χ1v) is 7.22. The van der Waals surface area contributed by atoms with Gasteiger partial charge in [0.2, 0.25) is 0 Å². The summed E-state index contributed by atoms with van der Waals surface area (Å²) < 4.78 is 4.83. The number of nitrogens with one attached hydrogen (secondary N) is 1. The van der Waals surface area contributed by atoms with E-state index in [1.165, 1.54) is 6.08 Å². The molecule has 2 rings (SSSR count). The smallest absolute Gasteiger partial charge is 0.411 e. The monoisotopic (exact) mass is 303 g/mol. The van der Waals surface area contributed by atoms with E-state index in [4.69, 9.17) is 4.74 Å². The zero-order chi connectivity index (χ0) is 15.9. The lowest BCUT2D eigenvalue weighted by Crippen LogP contribution is -2.47. The lowest BCUT2D eigenvalue weighted by molar-refractivity contribution is 0.0664. The van der Waals surface area contributed by atoms with Gasteiger partial charge in [0.15, 0.2) is 0 Å². The van der Waals surface area contributed by atoms with Crippen LogP contribution < -0.4 is 5.32 Å². The summed E-state index contributed by atoms with van der Waals surface area (Å²) in [6.45, 7) is 6.89. The van der Waals surface area contributed by atoms with Crippen molar-refractivity contribution in [1.29, 1.82) is 0 Å². The molecule has 1 aromatic rings. The van der Waals surface area contributed by atoms with Gasteiger partial charge in [-0.05, 0) is 31.3 Å². The Labute approximate surface area is 130 Å². The van der Waals surface area contributed by atoms with Crippen molar-refractivity contribution in [2.24, 2.45) is 0 Å². The second kappa shape index (κ2) is 7.61. The Balaban J connectivity index is 1.92. The molecule has 0 spiro atoms. The SMILES string of the molecule is C=CCOC(=O)Nc1ccc(C(=O)N2CCN(C)CC2)cc1. The van der Waals surface area contributed by atoms with Crippen molar-refractivity contribution in [2.75, 3.05) is 45.2 Å². The van der Waals surface area contributed by atoms with Crippen molar-refractivity contribution in [2.45, 2.75) is 0 Å². The minimum absolute atomic E-state index is 0.0221. The molecular formula is C16H21N3O3. The van der Waals surface area contributed by atoms with Crippen LogP contribution in [0, 0.1) is 0 Å². The van der Waals surface area contributed by atoms with Gasteiger partial charge in [-0.2, -0.15) is 0 Å². The standard InChI is InChI=1S/C16H21N3O3/c1-3-12-22-16(21)17-14-6-4-13(5-7-14)15(20)19-10-8-18(2)9-11-19/h3-7H,1,8-12H2,2H3,(H,17,21). The third kappa shape index (κ3) is 4.33. The van der Waals surface area contributed by atoms with Crippen LogP contribution >= 0.6 is 0 Å². The van der Waals surface area contributed by atoms with E-state index < -0.39 is 6.09 Å². The zero-order valence-corrected chi connectivity index (χ0v) is 12.7. The molecule has 0 aromatic heterocycles. The first kappa shape index (κ1) is 16.0. The van der Waals surface area contributed by atoms with E-state index >= 15 is 0 Å². The topological polar surface area (TPSA) is 61.9 Å². The van der Waals surface area contributed by atoms with Gasteiger partial charge >= 0.3 is 6.09 Å². The van der Waals surface area contributed by atoms with Crippen LogP contribution in [0.1, 0.15) is 10.4 Å². The predicted octanol–water partition coefficient (Wildman–Crippen LogP) is 1.81. The molecule has 22 heavy (non-hydrogen) atoms. The Kier molecular flexibility index (Phi) is 5.55. The highest BCUT2D eigenvalue weighted by Crippen LogP contribution is 2.13. The van der Waals surface area contributed by atoms with Crippen molar-refractivity contribution in [3.05, 3.63) is 42.5 Å². The van der Waals surface area contributed by atoms with E-state index in [1.54, 1.807) is 24.3 Å². The molecule has 1 aliphatic rings. The summed E-state index contributed by atoms with van der Waals surface area (Å²) >= 11 is 0. The molecule has 0 bridgehead atoms. The summed E-state index contributed by atoms with van der Waals surface area (Å²) in [5, 5.41) is 2.59. The lowest BCUT2D eigenvalue weighted by atomic mass is 10.1. The highest BCUT2D eigenvalue weighted by atomic mass is 16.5. The fraction of sp³-hybridized carbons (Fsp3) is 0.375. The van der Waals surface area contributed by atoms with E-state index in [0.717, 1.165) is 26.2 Å². The van der Waals surface area contributed by atoms with Gasteiger partial charge in [-0.3, -0.25) is 10.1 Å². The summed E-state index contributed by atoms with van der Waals surface area (Å²) in [6.07, 6.45) is 0.954. The molecule has 6 nitrogen and oxygen atoms in total.